The number of aromatic amines is 1. The van der Waals surface area contributed by atoms with Gasteiger partial charge in [0.1, 0.15) is 0 Å². The number of hydrogen-bond donors (Lipinski definition) is 1. The molecule has 0 saturated carbocycles. The van der Waals surface area contributed by atoms with Crippen LogP contribution in [0.5, 0.6) is 0 Å². The van der Waals surface area contributed by atoms with E-state index in [-0.39, 0.29) is 5.43 Å². The second-order valence-electron chi connectivity index (χ2n) is 2.55. The minimum Gasteiger partial charge on any atom is -0.358 e. The molecule has 2 nitrogen and oxygen atoms in total. The molecule has 1 aromatic heterocycles. The first-order chi connectivity index (χ1) is 5.69. The molecule has 0 aliphatic heterocycles. The van der Waals surface area contributed by atoms with E-state index in [9.17, 15) is 4.79 Å². The Morgan fingerprint density at radius 1 is 1.42 bits per heavy atom. The molecule has 0 radical (unpaired) electrons. The summed E-state index contributed by atoms with van der Waals surface area (Å²) in [5, 5.41) is 0. The van der Waals surface area contributed by atoms with Crippen molar-refractivity contribution in [2.24, 2.45) is 0 Å². The predicted molar refractivity (Wildman–Crippen MR) is 52.0 cm³/mol. The first-order valence-corrected chi connectivity index (χ1v) is 3.68. The van der Waals surface area contributed by atoms with Crippen molar-refractivity contribution in [3.63, 3.8) is 0 Å². The van der Waals surface area contributed by atoms with Crippen molar-refractivity contribution in [2.45, 2.75) is 6.92 Å². The fraction of sp³-hybridized carbons (Fsp3) is 0.100. The lowest BCUT2D eigenvalue weighted by Crippen LogP contribution is -2.08. The Labute approximate surface area is 71.3 Å². The van der Waals surface area contributed by atoms with Crippen LogP contribution in [0, 0.1) is 6.92 Å². The van der Waals surface area contributed by atoms with Gasteiger partial charge in [0, 0.05) is 23.0 Å². The van der Waals surface area contributed by atoms with Crippen LogP contribution in [-0.2, 0) is 0 Å². The molecule has 0 unspecified atom stereocenters. The van der Waals surface area contributed by atoms with Gasteiger partial charge >= 0.3 is 0 Å². The summed E-state index contributed by atoms with van der Waals surface area (Å²) >= 11 is 0. The molecule has 0 fully saturated rings. The smallest absolute Gasteiger partial charge is 0.189 e. The van der Waals surface area contributed by atoms with Gasteiger partial charge in [-0.2, -0.15) is 0 Å². The highest BCUT2D eigenvalue weighted by atomic mass is 16.1. The molecule has 0 amide bonds. The zero-order valence-electron chi connectivity index (χ0n) is 7.05. The van der Waals surface area contributed by atoms with Crippen LogP contribution in [0.4, 0.5) is 0 Å². The number of pyridine rings is 1. The lowest BCUT2D eigenvalue weighted by Gasteiger charge is -2.01. The Bertz CT molecular complexity index is 374. The van der Waals surface area contributed by atoms with Crippen molar-refractivity contribution in [3.8, 4) is 0 Å². The monoisotopic (exact) mass is 161 g/mol. The third-order valence-corrected chi connectivity index (χ3v) is 1.64. The second kappa shape index (κ2) is 3.22. The van der Waals surface area contributed by atoms with Crippen LogP contribution in [0.15, 0.2) is 24.0 Å². The van der Waals surface area contributed by atoms with E-state index < -0.39 is 0 Å². The SMILES string of the molecule is C=Cc1[nH]c(C)cc(=O)c1C=C. The summed E-state index contributed by atoms with van der Waals surface area (Å²) in [6, 6.07) is 1.55. The molecule has 12 heavy (non-hydrogen) atoms. The quantitative estimate of drug-likeness (QED) is 0.706. The van der Waals surface area contributed by atoms with Gasteiger partial charge in [0.2, 0.25) is 0 Å². The van der Waals surface area contributed by atoms with Gasteiger partial charge < -0.3 is 4.98 Å². The number of aromatic nitrogens is 1. The molecule has 0 aliphatic carbocycles. The van der Waals surface area contributed by atoms with Crippen molar-refractivity contribution < 1.29 is 0 Å². The van der Waals surface area contributed by atoms with Gasteiger partial charge in [-0.05, 0) is 13.0 Å². The van der Waals surface area contributed by atoms with E-state index in [0.29, 0.717) is 5.56 Å². The van der Waals surface area contributed by atoms with Gasteiger partial charge in [-0.25, -0.2) is 0 Å². The van der Waals surface area contributed by atoms with Crippen molar-refractivity contribution in [1.29, 1.82) is 0 Å². The average molecular weight is 161 g/mol. The van der Waals surface area contributed by atoms with Crippen molar-refractivity contribution >= 4 is 12.2 Å². The molecule has 0 bridgehead atoms. The van der Waals surface area contributed by atoms with E-state index in [4.69, 9.17) is 0 Å². The minimum absolute atomic E-state index is 0.0175. The van der Waals surface area contributed by atoms with E-state index in [1.165, 1.54) is 6.08 Å². The second-order valence-corrected chi connectivity index (χ2v) is 2.55. The fourth-order valence-corrected chi connectivity index (χ4v) is 1.09. The predicted octanol–water partition coefficient (Wildman–Crippen LogP) is 1.97. The summed E-state index contributed by atoms with van der Waals surface area (Å²) in [6.07, 6.45) is 3.15. The number of aryl methyl sites for hydroxylation is 1. The van der Waals surface area contributed by atoms with Gasteiger partial charge in [0.05, 0.1) is 0 Å². The van der Waals surface area contributed by atoms with Crippen LogP contribution < -0.4 is 5.43 Å². The van der Waals surface area contributed by atoms with Gasteiger partial charge in [0.15, 0.2) is 5.43 Å². The molecular formula is C10H11NO. The Balaban J connectivity index is 3.54. The molecule has 1 heterocycles. The Hall–Kier alpha value is -1.57. The van der Waals surface area contributed by atoms with Gasteiger partial charge in [0.25, 0.3) is 0 Å². The molecule has 0 saturated heterocycles. The summed E-state index contributed by atoms with van der Waals surface area (Å²) in [5.74, 6) is 0. The number of rotatable bonds is 2. The summed E-state index contributed by atoms with van der Waals surface area (Å²) in [4.78, 5) is 14.3. The molecule has 0 aliphatic rings. The van der Waals surface area contributed by atoms with E-state index >= 15 is 0 Å². The molecule has 0 spiro atoms. The van der Waals surface area contributed by atoms with E-state index in [2.05, 4.69) is 18.1 Å². The van der Waals surface area contributed by atoms with Crippen molar-refractivity contribution in [3.05, 3.63) is 46.4 Å². The topological polar surface area (TPSA) is 32.9 Å². The lowest BCUT2D eigenvalue weighted by molar-refractivity contribution is 1.16. The molecule has 0 aromatic carbocycles. The standard InChI is InChI=1S/C10H11NO/c1-4-8-9(5-2)11-7(3)6-10(8)12/h4-6H,1-2H2,3H3,(H,11,12). The highest BCUT2D eigenvalue weighted by Gasteiger charge is 2.00. The summed E-state index contributed by atoms with van der Waals surface area (Å²) in [6.45, 7) is 9.00. The number of nitrogens with one attached hydrogen (secondary N) is 1. The van der Waals surface area contributed by atoms with Crippen LogP contribution in [-0.4, -0.2) is 4.98 Å². The highest BCUT2D eigenvalue weighted by Crippen LogP contribution is 2.04. The average Bonchev–Trinajstić information content (AvgIpc) is 2.03. The van der Waals surface area contributed by atoms with Crippen LogP contribution in [0.25, 0.3) is 12.2 Å². The number of H-pyrrole nitrogens is 1. The van der Waals surface area contributed by atoms with Crippen molar-refractivity contribution in [2.75, 3.05) is 0 Å². The molecule has 1 rings (SSSR count). The third-order valence-electron chi connectivity index (χ3n) is 1.64. The summed E-state index contributed by atoms with van der Waals surface area (Å²) < 4.78 is 0. The van der Waals surface area contributed by atoms with Crippen LogP contribution in [0.3, 0.4) is 0 Å². The van der Waals surface area contributed by atoms with Crippen LogP contribution in [0.2, 0.25) is 0 Å². The summed E-state index contributed by atoms with van der Waals surface area (Å²) in [5.41, 5.74) is 2.13. The first kappa shape index (κ1) is 8.53. The lowest BCUT2D eigenvalue weighted by atomic mass is 10.1. The third kappa shape index (κ3) is 1.37. The zero-order chi connectivity index (χ0) is 9.14. The molecule has 1 N–H and O–H groups in total. The molecular weight excluding hydrogens is 150 g/mol. The first-order valence-electron chi connectivity index (χ1n) is 3.68. The van der Waals surface area contributed by atoms with E-state index in [1.54, 1.807) is 12.1 Å². The Morgan fingerprint density at radius 3 is 2.58 bits per heavy atom. The molecule has 0 atom stereocenters. The maximum atomic E-state index is 11.3. The Kier molecular flexibility index (Phi) is 2.29. The van der Waals surface area contributed by atoms with Crippen LogP contribution >= 0.6 is 0 Å². The van der Waals surface area contributed by atoms with Gasteiger partial charge in [-0.15, -0.1) is 0 Å². The summed E-state index contributed by atoms with van der Waals surface area (Å²) in [7, 11) is 0. The molecule has 62 valence electrons. The van der Waals surface area contributed by atoms with E-state index in [1.807, 2.05) is 6.92 Å². The maximum Gasteiger partial charge on any atom is 0.189 e. The molecule has 2 heteroatoms. The maximum absolute atomic E-state index is 11.3. The molecule has 1 aromatic rings. The number of hydrogen-bond acceptors (Lipinski definition) is 1. The van der Waals surface area contributed by atoms with Gasteiger partial charge in [-0.3, -0.25) is 4.79 Å². The fourth-order valence-electron chi connectivity index (χ4n) is 1.09. The largest absolute Gasteiger partial charge is 0.358 e. The Morgan fingerprint density at radius 2 is 2.08 bits per heavy atom. The minimum atomic E-state index is -0.0175. The van der Waals surface area contributed by atoms with Gasteiger partial charge in [-0.1, -0.05) is 19.2 Å². The zero-order valence-corrected chi connectivity index (χ0v) is 7.05. The van der Waals surface area contributed by atoms with E-state index in [0.717, 1.165) is 11.4 Å². The highest BCUT2D eigenvalue weighted by molar-refractivity contribution is 5.60. The van der Waals surface area contributed by atoms with Crippen LogP contribution in [0.1, 0.15) is 17.0 Å². The van der Waals surface area contributed by atoms with Crippen molar-refractivity contribution in [1.82, 2.24) is 4.98 Å². The normalized spacial score (nSPS) is 9.42.